The van der Waals surface area contributed by atoms with Gasteiger partial charge in [0.05, 0.1) is 6.42 Å². The first-order valence-corrected chi connectivity index (χ1v) is 6.16. The van der Waals surface area contributed by atoms with E-state index in [1.807, 2.05) is 0 Å². The predicted molar refractivity (Wildman–Crippen MR) is 83.2 cm³/mol. The van der Waals surface area contributed by atoms with Crippen LogP contribution in [-0.2, 0) is 0 Å². The minimum Gasteiger partial charge on any atom is -0.356 e. The highest BCUT2D eigenvalue weighted by molar-refractivity contribution is 14.0. The van der Waals surface area contributed by atoms with Crippen LogP contribution in [0.2, 0.25) is 0 Å². The SMILES string of the molecule is CCN(CC)CCNC(=NC)NCCC(F)(F)F.I. The van der Waals surface area contributed by atoms with Gasteiger partial charge >= 0.3 is 6.18 Å². The van der Waals surface area contributed by atoms with E-state index in [-0.39, 0.29) is 30.5 Å². The number of rotatable bonds is 7. The monoisotopic (exact) mass is 396 g/mol. The van der Waals surface area contributed by atoms with E-state index in [2.05, 4.69) is 34.4 Å². The summed E-state index contributed by atoms with van der Waals surface area (Å²) in [6, 6.07) is 0. The number of aliphatic imine (C=N–C) groups is 1. The summed E-state index contributed by atoms with van der Waals surface area (Å²) in [5.41, 5.74) is 0. The van der Waals surface area contributed by atoms with E-state index in [9.17, 15) is 13.2 Å². The molecule has 0 saturated carbocycles. The highest BCUT2D eigenvalue weighted by Gasteiger charge is 2.26. The fourth-order valence-electron chi connectivity index (χ4n) is 1.42. The maximum Gasteiger partial charge on any atom is 0.390 e. The molecule has 0 aliphatic rings. The molecule has 0 amide bonds. The number of hydrogen-bond acceptors (Lipinski definition) is 2. The minimum atomic E-state index is -4.13. The van der Waals surface area contributed by atoms with E-state index >= 15 is 0 Å². The zero-order chi connectivity index (χ0) is 14.0. The Kier molecular flexibility index (Phi) is 12.8. The fourth-order valence-corrected chi connectivity index (χ4v) is 1.42. The largest absolute Gasteiger partial charge is 0.390 e. The lowest BCUT2D eigenvalue weighted by Crippen LogP contribution is -2.42. The van der Waals surface area contributed by atoms with E-state index in [1.54, 1.807) is 7.05 Å². The molecule has 0 spiro atoms. The van der Waals surface area contributed by atoms with Crippen LogP contribution < -0.4 is 10.6 Å². The highest BCUT2D eigenvalue weighted by atomic mass is 127. The molecule has 0 radical (unpaired) electrons. The average molecular weight is 396 g/mol. The molecular formula is C11H24F3IN4. The normalized spacial score (nSPS) is 12.3. The third-order valence-electron chi connectivity index (χ3n) is 2.54. The number of nitrogens with zero attached hydrogens (tertiary/aromatic N) is 2. The van der Waals surface area contributed by atoms with Gasteiger partial charge in [-0.2, -0.15) is 13.2 Å². The summed E-state index contributed by atoms with van der Waals surface area (Å²) < 4.78 is 35.9. The molecule has 19 heavy (non-hydrogen) atoms. The highest BCUT2D eigenvalue weighted by Crippen LogP contribution is 2.17. The van der Waals surface area contributed by atoms with Crippen LogP contribution >= 0.6 is 24.0 Å². The molecule has 0 aromatic rings. The van der Waals surface area contributed by atoms with Crippen molar-refractivity contribution in [1.29, 1.82) is 0 Å². The van der Waals surface area contributed by atoms with E-state index < -0.39 is 12.6 Å². The molecule has 0 aliphatic carbocycles. The molecule has 116 valence electrons. The second-order valence-corrected chi connectivity index (χ2v) is 3.82. The first-order valence-electron chi connectivity index (χ1n) is 6.16. The molecule has 0 rings (SSSR count). The Morgan fingerprint density at radius 1 is 1.11 bits per heavy atom. The van der Waals surface area contributed by atoms with Crippen molar-refractivity contribution in [2.45, 2.75) is 26.4 Å². The second-order valence-electron chi connectivity index (χ2n) is 3.82. The summed E-state index contributed by atoms with van der Waals surface area (Å²) >= 11 is 0. The van der Waals surface area contributed by atoms with Crippen LogP contribution in [0.5, 0.6) is 0 Å². The van der Waals surface area contributed by atoms with Gasteiger partial charge in [0.15, 0.2) is 5.96 Å². The van der Waals surface area contributed by atoms with Gasteiger partial charge in [-0.1, -0.05) is 13.8 Å². The third kappa shape index (κ3) is 12.5. The Labute approximate surface area is 130 Å². The summed E-state index contributed by atoms with van der Waals surface area (Å²) in [4.78, 5) is 6.08. The van der Waals surface area contributed by atoms with Gasteiger partial charge in [-0.25, -0.2) is 0 Å². The molecule has 0 heterocycles. The first kappa shape index (κ1) is 21.1. The lowest BCUT2D eigenvalue weighted by Gasteiger charge is -2.19. The van der Waals surface area contributed by atoms with Crippen molar-refractivity contribution in [2.24, 2.45) is 4.99 Å². The Bertz CT molecular complexity index is 243. The van der Waals surface area contributed by atoms with Gasteiger partial charge < -0.3 is 15.5 Å². The predicted octanol–water partition coefficient (Wildman–Crippen LogP) is 2.06. The zero-order valence-electron chi connectivity index (χ0n) is 11.7. The molecule has 0 aliphatic heterocycles. The smallest absolute Gasteiger partial charge is 0.356 e. The molecule has 0 saturated heterocycles. The standard InChI is InChI=1S/C11H23F3N4.HI/c1-4-18(5-2)9-8-17-10(15-3)16-7-6-11(12,13)14;/h4-9H2,1-3H3,(H2,15,16,17);1H. The molecule has 0 fully saturated rings. The van der Waals surface area contributed by atoms with E-state index in [0.29, 0.717) is 12.5 Å². The number of likely N-dealkylation sites (N-methyl/N-ethyl adjacent to an activating group) is 1. The third-order valence-corrected chi connectivity index (χ3v) is 2.54. The van der Waals surface area contributed by atoms with Crippen molar-refractivity contribution in [3.05, 3.63) is 0 Å². The van der Waals surface area contributed by atoms with Crippen molar-refractivity contribution >= 4 is 29.9 Å². The molecule has 4 nitrogen and oxygen atoms in total. The second kappa shape index (κ2) is 11.6. The van der Waals surface area contributed by atoms with Crippen LogP contribution in [0.1, 0.15) is 20.3 Å². The molecule has 0 aromatic heterocycles. The van der Waals surface area contributed by atoms with Gasteiger partial charge in [-0.15, -0.1) is 24.0 Å². The average Bonchev–Trinajstić information content (AvgIpc) is 2.31. The topological polar surface area (TPSA) is 39.7 Å². The first-order chi connectivity index (χ1) is 8.42. The summed E-state index contributed by atoms with van der Waals surface area (Å²) in [6.45, 7) is 7.39. The van der Waals surface area contributed by atoms with E-state index in [0.717, 1.165) is 19.6 Å². The van der Waals surface area contributed by atoms with Crippen molar-refractivity contribution in [3.63, 3.8) is 0 Å². The lowest BCUT2D eigenvalue weighted by atomic mass is 10.4. The minimum absolute atomic E-state index is 0. The molecular weight excluding hydrogens is 372 g/mol. The maximum atomic E-state index is 12.0. The maximum absolute atomic E-state index is 12.0. The van der Waals surface area contributed by atoms with Crippen molar-refractivity contribution < 1.29 is 13.2 Å². The van der Waals surface area contributed by atoms with Crippen LogP contribution in [0.15, 0.2) is 4.99 Å². The molecule has 0 atom stereocenters. The van der Waals surface area contributed by atoms with Crippen LogP contribution in [0.25, 0.3) is 0 Å². The Morgan fingerprint density at radius 2 is 1.63 bits per heavy atom. The van der Waals surface area contributed by atoms with Crippen LogP contribution in [-0.4, -0.2) is 56.8 Å². The molecule has 0 unspecified atom stereocenters. The Morgan fingerprint density at radius 3 is 2.05 bits per heavy atom. The summed E-state index contributed by atoms with van der Waals surface area (Å²) in [7, 11) is 1.54. The van der Waals surface area contributed by atoms with Crippen LogP contribution in [0.4, 0.5) is 13.2 Å². The van der Waals surface area contributed by atoms with Crippen LogP contribution in [0, 0.1) is 0 Å². The molecule has 0 bridgehead atoms. The molecule has 0 aromatic carbocycles. The number of nitrogens with one attached hydrogen (secondary N) is 2. The Hall–Kier alpha value is -0.250. The molecule has 2 N–H and O–H groups in total. The molecule has 8 heteroatoms. The van der Waals surface area contributed by atoms with Gasteiger partial charge in [0.1, 0.15) is 0 Å². The summed E-state index contributed by atoms with van der Waals surface area (Å²) in [5, 5.41) is 5.62. The van der Waals surface area contributed by atoms with Gasteiger partial charge in [0.2, 0.25) is 0 Å². The zero-order valence-corrected chi connectivity index (χ0v) is 14.0. The van der Waals surface area contributed by atoms with Gasteiger partial charge in [-0.3, -0.25) is 4.99 Å². The van der Waals surface area contributed by atoms with Gasteiger partial charge in [0.25, 0.3) is 0 Å². The van der Waals surface area contributed by atoms with Gasteiger partial charge in [-0.05, 0) is 13.1 Å². The van der Waals surface area contributed by atoms with Crippen molar-refractivity contribution in [1.82, 2.24) is 15.5 Å². The fraction of sp³-hybridized carbons (Fsp3) is 0.909. The number of hydrogen-bond donors (Lipinski definition) is 2. The summed E-state index contributed by atoms with van der Waals surface area (Å²) in [6.07, 6.45) is -4.99. The number of halogens is 4. The van der Waals surface area contributed by atoms with E-state index in [1.165, 1.54) is 0 Å². The van der Waals surface area contributed by atoms with E-state index in [4.69, 9.17) is 0 Å². The van der Waals surface area contributed by atoms with Gasteiger partial charge in [0, 0.05) is 26.7 Å². The van der Waals surface area contributed by atoms with Crippen molar-refractivity contribution in [3.8, 4) is 0 Å². The summed E-state index contributed by atoms with van der Waals surface area (Å²) in [5.74, 6) is 0.409. The Balaban J connectivity index is 0. The number of guanidine groups is 1. The number of alkyl halides is 3. The quantitative estimate of drug-likeness (QED) is 0.393. The van der Waals surface area contributed by atoms with Crippen LogP contribution in [0.3, 0.4) is 0 Å². The van der Waals surface area contributed by atoms with Crippen molar-refractivity contribution in [2.75, 3.05) is 39.8 Å². The lowest BCUT2D eigenvalue weighted by molar-refractivity contribution is -0.132.